The van der Waals surface area contributed by atoms with Crippen LogP contribution < -0.4 is 5.32 Å². The van der Waals surface area contributed by atoms with Gasteiger partial charge in [-0.05, 0) is 115 Å². The molecule has 42 heavy (non-hydrogen) atoms. The molecule has 0 saturated heterocycles. The maximum atomic E-state index is 14.5. The van der Waals surface area contributed by atoms with Gasteiger partial charge in [0, 0.05) is 11.3 Å². The predicted octanol–water partition coefficient (Wildman–Crippen LogP) is 6.94. The molecule has 0 aromatic rings. The fourth-order valence-corrected chi connectivity index (χ4v) is 11.4. The molecular weight excluding hydrogens is 526 g/mol. The third kappa shape index (κ3) is 4.38. The molecule has 0 radical (unpaired) electrons. The Morgan fingerprint density at radius 1 is 0.952 bits per heavy atom. The van der Waals surface area contributed by atoms with Gasteiger partial charge in [-0.3, -0.25) is 9.59 Å². The molecule has 3 N–H and O–H groups in total. The zero-order valence-corrected chi connectivity index (χ0v) is 27.7. The predicted molar refractivity (Wildman–Crippen MR) is 164 cm³/mol. The van der Waals surface area contributed by atoms with E-state index in [1.165, 1.54) is 5.57 Å². The number of carboxylic acid groups (broad SMARTS) is 1. The number of hydrogen-bond acceptors (Lipinski definition) is 4. The molecule has 0 aromatic carbocycles. The quantitative estimate of drug-likeness (QED) is 0.325. The summed E-state index contributed by atoms with van der Waals surface area (Å²) in [5.74, 6) is -0.368. The number of carbonyl (C=O) groups is 3. The van der Waals surface area contributed by atoms with Crippen LogP contribution in [0.5, 0.6) is 0 Å². The Hall–Kier alpha value is -1.69. The van der Waals surface area contributed by atoms with Gasteiger partial charge < -0.3 is 15.5 Å². The van der Waals surface area contributed by atoms with E-state index in [2.05, 4.69) is 46.9 Å². The molecule has 0 bridgehead atoms. The SMILES string of the molecule is CC(C)CC(NC(=O)[C@@]1(C)CC[C@]2(C)CC[C@]3(C)C(=CC(=O)[C@@H]4[C@@]5(C)CC[C@H](O)C(C)(C)[C@@H]5CC[C@]43C)[C@@H]2C1)C(=O)O. The van der Waals surface area contributed by atoms with Gasteiger partial charge in [0.1, 0.15) is 6.04 Å². The number of allylic oxidation sites excluding steroid dienone is 2. The lowest BCUT2D eigenvalue weighted by Gasteiger charge is -2.70. The number of ketones is 1. The number of nitrogens with one attached hydrogen (secondary N) is 1. The number of carbonyl (C=O) groups excluding carboxylic acids is 2. The molecule has 5 rings (SSSR count). The van der Waals surface area contributed by atoms with Crippen LogP contribution in [-0.2, 0) is 14.4 Å². The maximum Gasteiger partial charge on any atom is 0.326 e. The van der Waals surface area contributed by atoms with Crippen LogP contribution in [0.15, 0.2) is 11.6 Å². The van der Waals surface area contributed by atoms with Crippen molar-refractivity contribution in [2.75, 3.05) is 0 Å². The van der Waals surface area contributed by atoms with Crippen LogP contribution in [0.3, 0.4) is 0 Å². The van der Waals surface area contributed by atoms with Crippen molar-refractivity contribution in [2.24, 2.45) is 56.2 Å². The highest BCUT2D eigenvalue weighted by molar-refractivity contribution is 5.96. The second-order valence-corrected chi connectivity index (χ2v) is 17.6. The molecule has 0 aliphatic heterocycles. The average Bonchev–Trinajstić information content (AvgIpc) is 2.88. The van der Waals surface area contributed by atoms with E-state index < -0.39 is 17.4 Å². The zero-order valence-electron chi connectivity index (χ0n) is 27.7. The molecule has 1 unspecified atom stereocenters. The average molecular weight is 584 g/mol. The summed E-state index contributed by atoms with van der Waals surface area (Å²) >= 11 is 0. The Labute approximate surface area is 253 Å². The van der Waals surface area contributed by atoms with Gasteiger partial charge in [-0.15, -0.1) is 0 Å². The summed E-state index contributed by atoms with van der Waals surface area (Å²) in [6.45, 7) is 19.9. The third-order valence-corrected chi connectivity index (χ3v) is 14.4. The summed E-state index contributed by atoms with van der Waals surface area (Å²) in [5.41, 5.74) is -0.0821. The van der Waals surface area contributed by atoms with Gasteiger partial charge >= 0.3 is 5.97 Å². The molecule has 0 spiro atoms. The molecule has 1 amide bonds. The van der Waals surface area contributed by atoms with Crippen LogP contribution in [0.4, 0.5) is 0 Å². The lowest BCUT2D eigenvalue weighted by molar-refractivity contribution is -0.202. The molecule has 0 heterocycles. The van der Waals surface area contributed by atoms with Gasteiger partial charge in [-0.2, -0.15) is 0 Å². The minimum atomic E-state index is -0.978. The van der Waals surface area contributed by atoms with Crippen LogP contribution >= 0.6 is 0 Å². The summed E-state index contributed by atoms with van der Waals surface area (Å²) in [6, 6.07) is -0.886. The number of aliphatic hydroxyl groups is 1. The lowest BCUT2D eigenvalue weighted by atomic mass is 9.33. The van der Waals surface area contributed by atoms with Gasteiger partial charge in [0.2, 0.25) is 5.91 Å². The van der Waals surface area contributed by atoms with Crippen molar-refractivity contribution >= 4 is 17.7 Å². The fourth-order valence-electron chi connectivity index (χ4n) is 11.4. The second kappa shape index (κ2) is 9.91. The Morgan fingerprint density at radius 3 is 2.21 bits per heavy atom. The van der Waals surface area contributed by atoms with Gasteiger partial charge in [-0.25, -0.2) is 4.79 Å². The van der Waals surface area contributed by atoms with Crippen molar-refractivity contribution in [3.05, 3.63) is 11.6 Å². The molecule has 4 saturated carbocycles. The number of carboxylic acids is 1. The first-order chi connectivity index (χ1) is 19.2. The van der Waals surface area contributed by atoms with Crippen LogP contribution in [-0.4, -0.2) is 40.0 Å². The van der Waals surface area contributed by atoms with E-state index in [1.54, 1.807) is 0 Å². The minimum Gasteiger partial charge on any atom is -0.480 e. The van der Waals surface area contributed by atoms with Gasteiger partial charge in [0.25, 0.3) is 0 Å². The number of fused-ring (bicyclic) bond motifs is 7. The summed E-state index contributed by atoms with van der Waals surface area (Å²) in [5, 5.41) is 23.7. The first-order valence-corrected chi connectivity index (χ1v) is 16.7. The van der Waals surface area contributed by atoms with Crippen molar-refractivity contribution in [3.63, 3.8) is 0 Å². The number of hydrogen-bond donors (Lipinski definition) is 3. The van der Waals surface area contributed by atoms with Gasteiger partial charge in [0.05, 0.1) is 6.10 Å². The van der Waals surface area contributed by atoms with E-state index in [0.29, 0.717) is 18.8 Å². The zero-order chi connectivity index (χ0) is 31.3. The van der Waals surface area contributed by atoms with Gasteiger partial charge in [-0.1, -0.05) is 67.9 Å². The van der Waals surface area contributed by atoms with E-state index in [9.17, 15) is 24.6 Å². The Bertz CT molecular complexity index is 1190. The topological polar surface area (TPSA) is 104 Å². The van der Waals surface area contributed by atoms with E-state index >= 15 is 0 Å². The molecule has 10 atom stereocenters. The summed E-state index contributed by atoms with van der Waals surface area (Å²) < 4.78 is 0. The summed E-state index contributed by atoms with van der Waals surface area (Å²) in [6.07, 6.45) is 10.1. The summed E-state index contributed by atoms with van der Waals surface area (Å²) in [4.78, 5) is 40.3. The lowest BCUT2D eigenvalue weighted by Crippen LogP contribution is -2.66. The first kappa shape index (κ1) is 31.7. The third-order valence-electron chi connectivity index (χ3n) is 14.4. The van der Waals surface area contributed by atoms with Gasteiger partial charge in [0.15, 0.2) is 5.78 Å². The second-order valence-electron chi connectivity index (χ2n) is 17.6. The van der Waals surface area contributed by atoms with Crippen molar-refractivity contribution in [2.45, 2.75) is 139 Å². The number of rotatable bonds is 5. The first-order valence-electron chi connectivity index (χ1n) is 16.7. The van der Waals surface area contributed by atoms with Crippen molar-refractivity contribution in [1.29, 1.82) is 0 Å². The van der Waals surface area contributed by atoms with Crippen LogP contribution in [0.25, 0.3) is 0 Å². The largest absolute Gasteiger partial charge is 0.480 e. The molecule has 0 aromatic heterocycles. The molecule has 236 valence electrons. The normalized spacial score (nSPS) is 46.8. The Kier molecular flexibility index (Phi) is 7.48. The Balaban J connectivity index is 1.51. The molecule has 4 fully saturated rings. The minimum absolute atomic E-state index is 0.0246. The van der Waals surface area contributed by atoms with E-state index in [4.69, 9.17) is 0 Å². The highest BCUT2D eigenvalue weighted by Crippen LogP contribution is 2.75. The standard InChI is InChI=1S/C36H57NO5/c1-21(2)18-24(29(40)41)37-30(42)33(6)15-14-32(5)16-17-35(8)22(23(32)20-33)19-25(38)28-34(7)12-11-27(39)31(3,4)26(34)10-13-36(28,35)9/h19,21,23-24,26-28,39H,10-18,20H2,1-9H3,(H,37,42)(H,40,41)/t23-,24?,26-,27-,28+,32+,33-,34-,35+,36+/m0/s1. The Morgan fingerprint density at radius 2 is 1.60 bits per heavy atom. The molecule has 5 aliphatic carbocycles. The number of aliphatic hydroxyl groups excluding tert-OH is 1. The summed E-state index contributed by atoms with van der Waals surface area (Å²) in [7, 11) is 0. The maximum absolute atomic E-state index is 14.5. The highest BCUT2D eigenvalue weighted by Gasteiger charge is 2.70. The van der Waals surface area contributed by atoms with Crippen molar-refractivity contribution < 1.29 is 24.6 Å². The van der Waals surface area contributed by atoms with E-state index in [0.717, 1.165) is 51.4 Å². The van der Waals surface area contributed by atoms with Crippen LogP contribution in [0.2, 0.25) is 0 Å². The van der Waals surface area contributed by atoms with Crippen LogP contribution in [0.1, 0.15) is 127 Å². The highest BCUT2D eigenvalue weighted by atomic mass is 16.4. The molecule has 6 nitrogen and oxygen atoms in total. The number of amides is 1. The van der Waals surface area contributed by atoms with Crippen molar-refractivity contribution in [1.82, 2.24) is 5.32 Å². The van der Waals surface area contributed by atoms with E-state index in [-0.39, 0.29) is 62.6 Å². The van der Waals surface area contributed by atoms with Crippen molar-refractivity contribution in [3.8, 4) is 0 Å². The molecular formula is C36H57NO5. The smallest absolute Gasteiger partial charge is 0.326 e. The molecule has 5 aliphatic rings. The van der Waals surface area contributed by atoms with E-state index in [1.807, 2.05) is 26.8 Å². The van der Waals surface area contributed by atoms with Crippen LogP contribution in [0, 0.1) is 56.2 Å². The monoisotopic (exact) mass is 583 g/mol. The molecule has 6 heteroatoms. The number of aliphatic carboxylic acids is 1. The fraction of sp³-hybridized carbons (Fsp3) is 0.861.